The molecule has 0 amide bonds. The molecule has 42 heavy (non-hydrogen) atoms. The van der Waals surface area contributed by atoms with Gasteiger partial charge in [0, 0.05) is 44.5 Å². The van der Waals surface area contributed by atoms with Crippen LogP contribution in [-0.2, 0) is 6.54 Å². The third-order valence-electron chi connectivity index (χ3n) is 8.59. The maximum atomic E-state index is 4.87. The van der Waals surface area contributed by atoms with Gasteiger partial charge in [-0.05, 0) is 60.5 Å². The van der Waals surface area contributed by atoms with Crippen molar-refractivity contribution >= 4 is 49.8 Å². The van der Waals surface area contributed by atoms with Gasteiger partial charge in [0.2, 0.25) is 0 Å². The molecule has 0 spiro atoms. The van der Waals surface area contributed by atoms with E-state index in [9.17, 15) is 0 Å². The van der Waals surface area contributed by atoms with Gasteiger partial charge in [-0.2, -0.15) is 0 Å². The molecule has 2 aromatic heterocycles. The zero-order valence-corrected chi connectivity index (χ0v) is 23.6. The van der Waals surface area contributed by atoms with Gasteiger partial charge in [0.15, 0.2) is 0 Å². The van der Waals surface area contributed by atoms with E-state index >= 15 is 0 Å². The molecular formula is C39H31N3. The summed E-state index contributed by atoms with van der Waals surface area (Å²) in [5, 5.41) is 5.07. The highest BCUT2D eigenvalue weighted by Crippen LogP contribution is 2.39. The van der Waals surface area contributed by atoms with Crippen molar-refractivity contribution in [1.82, 2.24) is 9.13 Å². The minimum atomic E-state index is -0.0121. The van der Waals surface area contributed by atoms with Crippen molar-refractivity contribution in [1.29, 1.82) is 0 Å². The van der Waals surface area contributed by atoms with E-state index in [0.29, 0.717) is 6.54 Å². The van der Waals surface area contributed by atoms with Gasteiger partial charge in [0.25, 0.3) is 0 Å². The summed E-state index contributed by atoms with van der Waals surface area (Å²) < 4.78 is 4.81. The largest absolute Gasteiger partial charge is 0.309 e. The van der Waals surface area contributed by atoms with Gasteiger partial charge in [-0.1, -0.05) is 98.0 Å². The molecule has 5 aromatic carbocycles. The van der Waals surface area contributed by atoms with Gasteiger partial charge >= 0.3 is 0 Å². The molecule has 0 radical (unpaired) electrons. The SMILES string of the molecule is CC1(/C=N/Cc2cccc(-n3c4ccccc4c4cc5c6ccccc6n(-c6ccccc6)c5cc43)c2)C=CC=CC1. The number of hydrogen-bond acceptors (Lipinski definition) is 1. The van der Waals surface area contributed by atoms with Gasteiger partial charge in [-0.3, -0.25) is 4.99 Å². The molecule has 0 saturated carbocycles. The average Bonchev–Trinajstić information content (AvgIpc) is 3.53. The third-order valence-corrected chi connectivity index (χ3v) is 8.59. The smallest absolute Gasteiger partial charge is 0.0636 e. The second kappa shape index (κ2) is 9.74. The number of aliphatic imine (C=N–C) groups is 1. The molecule has 202 valence electrons. The Bertz CT molecular complexity index is 2210. The molecule has 3 heteroatoms. The van der Waals surface area contributed by atoms with Crippen molar-refractivity contribution in [2.24, 2.45) is 10.4 Å². The molecule has 1 atom stereocenters. The number of nitrogens with zero attached hydrogens (tertiary/aromatic N) is 3. The molecule has 3 nitrogen and oxygen atoms in total. The van der Waals surface area contributed by atoms with Crippen LogP contribution in [0.5, 0.6) is 0 Å². The highest BCUT2D eigenvalue weighted by atomic mass is 15.0. The van der Waals surface area contributed by atoms with Crippen molar-refractivity contribution in [2.75, 3.05) is 0 Å². The zero-order valence-electron chi connectivity index (χ0n) is 23.6. The van der Waals surface area contributed by atoms with E-state index in [4.69, 9.17) is 4.99 Å². The minimum Gasteiger partial charge on any atom is -0.309 e. The van der Waals surface area contributed by atoms with Crippen LogP contribution in [-0.4, -0.2) is 15.3 Å². The Balaban J connectivity index is 1.33. The first-order valence-electron chi connectivity index (χ1n) is 14.7. The van der Waals surface area contributed by atoms with Crippen LogP contribution in [0.3, 0.4) is 0 Å². The highest BCUT2D eigenvalue weighted by molar-refractivity contribution is 6.19. The molecule has 0 aliphatic heterocycles. The minimum absolute atomic E-state index is 0.0121. The van der Waals surface area contributed by atoms with E-state index in [1.807, 2.05) is 0 Å². The lowest BCUT2D eigenvalue weighted by Crippen LogP contribution is -2.15. The van der Waals surface area contributed by atoms with Crippen LogP contribution in [0.25, 0.3) is 55.0 Å². The summed E-state index contributed by atoms with van der Waals surface area (Å²) in [6, 6.07) is 41.8. The fourth-order valence-electron chi connectivity index (χ4n) is 6.56. The van der Waals surface area contributed by atoms with Crippen molar-refractivity contribution in [3.05, 3.63) is 145 Å². The quantitative estimate of drug-likeness (QED) is 0.194. The summed E-state index contributed by atoms with van der Waals surface area (Å²) in [6.45, 7) is 2.89. The predicted molar refractivity (Wildman–Crippen MR) is 178 cm³/mol. The van der Waals surface area contributed by atoms with Crippen LogP contribution in [0.2, 0.25) is 0 Å². The average molecular weight is 542 g/mol. The van der Waals surface area contributed by atoms with E-state index in [0.717, 1.165) is 12.1 Å². The summed E-state index contributed by atoms with van der Waals surface area (Å²) in [5.74, 6) is 0. The molecule has 0 bridgehead atoms. The highest BCUT2D eigenvalue weighted by Gasteiger charge is 2.19. The van der Waals surface area contributed by atoms with Gasteiger partial charge in [-0.15, -0.1) is 0 Å². The molecule has 1 aliphatic rings. The van der Waals surface area contributed by atoms with E-state index in [-0.39, 0.29) is 5.41 Å². The van der Waals surface area contributed by atoms with Crippen LogP contribution in [0, 0.1) is 5.41 Å². The van der Waals surface area contributed by atoms with Gasteiger partial charge < -0.3 is 9.13 Å². The van der Waals surface area contributed by atoms with Crippen LogP contribution < -0.4 is 0 Å². The topological polar surface area (TPSA) is 22.2 Å². The lowest BCUT2D eigenvalue weighted by atomic mass is 9.85. The monoisotopic (exact) mass is 541 g/mol. The number of aromatic nitrogens is 2. The van der Waals surface area contributed by atoms with Gasteiger partial charge in [0.1, 0.15) is 0 Å². The number of hydrogen-bond donors (Lipinski definition) is 0. The van der Waals surface area contributed by atoms with E-state index in [2.05, 4.69) is 162 Å². The van der Waals surface area contributed by atoms with E-state index in [1.165, 1.54) is 54.9 Å². The van der Waals surface area contributed by atoms with Gasteiger partial charge in [-0.25, -0.2) is 0 Å². The molecule has 8 rings (SSSR count). The Kier molecular flexibility index (Phi) is 5.71. The molecule has 0 fully saturated rings. The fourth-order valence-corrected chi connectivity index (χ4v) is 6.56. The summed E-state index contributed by atoms with van der Waals surface area (Å²) in [5.41, 5.74) is 8.36. The maximum absolute atomic E-state index is 4.87. The van der Waals surface area contributed by atoms with Crippen LogP contribution in [0.1, 0.15) is 18.9 Å². The van der Waals surface area contributed by atoms with E-state index in [1.54, 1.807) is 0 Å². The standard InChI is InChI=1S/C39H31N3/c1-39(21-10-3-11-22-39)27-40-26-28-13-12-16-30(23-28)42-36-20-9-7-18-32(36)34-24-33-31-17-6-8-19-35(31)41(37(33)25-38(34)42)29-14-4-2-5-15-29/h2-21,23-25,27H,22,26H2,1H3/b40-27+. The molecule has 7 aromatic rings. The predicted octanol–water partition coefficient (Wildman–Crippen LogP) is 9.97. The Hall–Kier alpha value is -5.15. The van der Waals surface area contributed by atoms with Gasteiger partial charge in [0.05, 0.1) is 28.6 Å². The molecule has 1 unspecified atom stereocenters. The number of fused-ring (bicyclic) bond motifs is 6. The number of para-hydroxylation sites is 3. The Morgan fingerprint density at radius 2 is 1.26 bits per heavy atom. The summed E-state index contributed by atoms with van der Waals surface area (Å²) in [7, 11) is 0. The Morgan fingerprint density at radius 3 is 1.95 bits per heavy atom. The third kappa shape index (κ3) is 4.01. The zero-order chi connectivity index (χ0) is 28.1. The molecule has 2 heterocycles. The second-order valence-corrected chi connectivity index (χ2v) is 11.6. The van der Waals surface area contributed by atoms with Crippen molar-refractivity contribution in [3.63, 3.8) is 0 Å². The van der Waals surface area contributed by atoms with Crippen LogP contribution >= 0.6 is 0 Å². The molecule has 0 N–H and O–H groups in total. The summed E-state index contributed by atoms with van der Waals surface area (Å²) >= 11 is 0. The molecular weight excluding hydrogens is 510 g/mol. The number of allylic oxidation sites excluding steroid dienone is 4. The number of rotatable bonds is 5. The maximum Gasteiger partial charge on any atom is 0.0636 e. The Labute approximate surface area is 245 Å². The van der Waals surface area contributed by atoms with E-state index < -0.39 is 0 Å². The van der Waals surface area contributed by atoms with Crippen LogP contribution in [0.15, 0.2) is 145 Å². The summed E-state index contributed by atoms with van der Waals surface area (Å²) in [6.07, 6.45) is 11.8. The Morgan fingerprint density at radius 1 is 0.619 bits per heavy atom. The lowest BCUT2D eigenvalue weighted by molar-refractivity contribution is 0.613. The first kappa shape index (κ1) is 24.6. The lowest BCUT2D eigenvalue weighted by Gasteiger charge is -2.20. The normalized spacial score (nSPS) is 17.0. The second-order valence-electron chi connectivity index (χ2n) is 11.6. The number of benzene rings is 5. The molecule has 1 aliphatic carbocycles. The first-order valence-corrected chi connectivity index (χ1v) is 14.7. The van der Waals surface area contributed by atoms with Crippen molar-refractivity contribution < 1.29 is 0 Å². The molecule has 0 saturated heterocycles. The van der Waals surface area contributed by atoms with Crippen LogP contribution in [0.4, 0.5) is 0 Å². The van der Waals surface area contributed by atoms with Crippen molar-refractivity contribution in [3.8, 4) is 11.4 Å². The summed E-state index contributed by atoms with van der Waals surface area (Å²) in [4.78, 5) is 4.87. The fraction of sp³-hybridized carbons (Fsp3) is 0.103. The van der Waals surface area contributed by atoms with Crippen molar-refractivity contribution in [2.45, 2.75) is 19.9 Å². The first-order chi connectivity index (χ1) is 20.7.